The van der Waals surface area contributed by atoms with E-state index >= 15 is 0 Å². The molecule has 27 heteroatoms. The maximum atomic E-state index is 13.0. The first-order valence-corrected chi connectivity index (χ1v) is 49.5. The molecule has 1 aliphatic carbocycles. The Balaban J connectivity index is 0.000000151. The second-order valence-corrected chi connectivity index (χ2v) is 49.5. The summed E-state index contributed by atoms with van der Waals surface area (Å²) in [6.45, 7) is 62.0. The molecule has 0 radical (unpaired) electrons. The van der Waals surface area contributed by atoms with Gasteiger partial charge in [-0.2, -0.15) is 0 Å². The van der Waals surface area contributed by atoms with E-state index in [9.17, 15) is 76.7 Å². The highest BCUT2D eigenvalue weighted by atomic mass is 16.5. The molecule has 1 fully saturated rings. The van der Waals surface area contributed by atoms with Gasteiger partial charge in [-0.05, 0) is 370 Å². The Kier molecular flexibility index (Phi) is 27.3. The molecule has 12 amide bonds. The number of nitrogens with zero attached hydrogens (tertiary/aromatic N) is 8. The lowest BCUT2D eigenvalue weighted by Crippen LogP contribution is -2.45. The van der Waals surface area contributed by atoms with Crippen LogP contribution in [0.15, 0.2) is 189 Å². The van der Waals surface area contributed by atoms with Gasteiger partial charge in [0.25, 0.3) is 93.1 Å². The van der Waals surface area contributed by atoms with Crippen LogP contribution in [0, 0.1) is 22.7 Å². The molecule has 764 valence electrons. The van der Waals surface area contributed by atoms with Crippen molar-refractivity contribution in [3.63, 3.8) is 0 Å². The van der Waals surface area contributed by atoms with Gasteiger partial charge in [0, 0.05) is 49.7 Å². The Labute approximate surface area is 852 Å². The summed E-state index contributed by atoms with van der Waals surface area (Å²) in [5, 5.41) is 0.743. The normalized spacial score (nSPS) is 16.7. The Morgan fingerprint density at radius 1 is 0.192 bits per heavy atom. The third-order valence-corrected chi connectivity index (χ3v) is 27.8. The lowest BCUT2D eigenvalue weighted by atomic mass is 9.64. The fraction of sp³-hybridized carbons (Fsp3) is 0.412. The van der Waals surface area contributed by atoms with Gasteiger partial charge in [-0.25, -0.2) is 0 Å². The highest BCUT2D eigenvalue weighted by Gasteiger charge is 2.50. The van der Waals surface area contributed by atoms with E-state index in [1.807, 2.05) is 132 Å². The molecule has 0 spiro atoms. The molecule has 0 unspecified atom stereocenters. The Hall–Kier alpha value is -14.5. The number of amides is 12. The van der Waals surface area contributed by atoms with E-state index in [0.29, 0.717) is 112 Å². The summed E-state index contributed by atoms with van der Waals surface area (Å²) in [6, 6.07) is 47.9. The van der Waals surface area contributed by atoms with Gasteiger partial charge < -0.3 is 14.2 Å². The van der Waals surface area contributed by atoms with E-state index < -0.39 is 66.5 Å². The molecule has 8 heterocycles. The quantitative estimate of drug-likeness (QED) is 0.121. The summed E-state index contributed by atoms with van der Waals surface area (Å²) in [7, 11) is 0. The second kappa shape index (κ2) is 37.2. The second-order valence-electron chi connectivity index (χ2n) is 49.5. The molecule has 1 saturated carbocycles. The average molecular weight is 1980 g/mol. The van der Waals surface area contributed by atoms with Crippen LogP contribution in [0.3, 0.4) is 0 Å². The van der Waals surface area contributed by atoms with Gasteiger partial charge in [-0.3, -0.25) is 115 Å². The van der Waals surface area contributed by atoms with Gasteiger partial charge in [-0.15, -0.1) is 0 Å². The topological polar surface area (TPSA) is 330 Å². The van der Waals surface area contributed by atoms with Crippen LogP contribution in [0.5, 0.6) is 34.5 Å². The van der Waals surface area contributed by atoms with Crippen LogP contribution in [0.1, 0.15) is 383 Å². The first-order valence-electron chi connectivity index (χ1n) is 49.5. The third-order valence-electron chi connectivity index (χ3n) is 27.8. The summed E-state index contributed by atoms with van der Waals surface area (Å²) in [5.41, 5.74) is 1.61. The van der Waals surface area contributed by atoms with Gasteiger partial charge in [0.05, 0.1) is 88.3 Å². The van der Waals surface area contributed by atoms with Crippen LogP contribution in [-0.2, 0) is 16.5 Å². The maximum Gasteiger partial charge on any atom is 0.262 e. The molecule has 27 nitrogen and oxygen atoms in total. The lowest BCUT2D eigenvalue weighted by Gasteiger charge is -2.41. The number of rotatable bonds is 9. The molecule has 0 N–H and O–H groups in total. The lowest BCUT2D eigenvalue weighted by molar-refractivity contribution is 0.0489. The highest BCUT2D eigenvalue weighted by molar-refractivity contribution is 6.26. The maximum absolute atomic E-state index is 13.0. The minimum atomic E-state index is -0.677. The highest BCUT2D eigenvalue weighted by Crippen LogP contribution is 2.47. The van der Waals surface area contributed by atoms with Gasteiger partial charge in [0.1, 0.15) is 34.5 Å². The van der Waals surface area contributed by atoms with Crippen molar-refractivity contribution >= 4 is 92.4 Å². The Morgan fingerprint density at radius 2 is 0.363 bits per heavy atom. The van der Waals surface area contributed by atoms with Crippen molar-refractivity contribution in [1.82, 2.24) is 38.5 Å². The number of carbonyl (C=O) groups excluding carboxylic acids is 12. The van der Waals surface area contributed by atoms with Crippen LogP contribution in [0.2, 0.25) is 0 Å². The fourth-order valence-electron chi connectivity index (χ4n) is 20.1. The predicted octanol–water partition coefficient (Wildman–Crippen LogP) is 23.1. The summed E-state index contributed by atoms with van der Waals surface area (Å²) >= 11 is 0. The Bertz CT molecular complexity index is 7030. The number of hydrogen-bond donors (Lipinski definition) is 0. The molecular formula is C119H134N8O19. The van der Waals surface area contributed by atoms with Crippen molar-refractivity contribution in [3.8, 4) is 45.6 Å². The molecule has 6 aliphatic heterocycles. The zero-order valence-corrected chi connectivity index (χ0v) is 90.0. The van der Waals surface area contributed by atoms with Crippen molar-refractivity contribution < 1.29 is 71.7 Å². The summed E-state index contributed by atoms with van der Waals surface area (Å²) in [4.78, 5) is 212. The van der Waals surface area contributed by atoms with Crippen LogP contribution in [-0.4, -0.2) is 143 Å². The van der Waals surface area contributed by atoms with Gasteiger partial charge in [0.2, 0.25) is 0 Å². The molecule has 0 saturated heterocycles. The number of carbonyl (C=O) groups is 12. The Morgan fingerprint density at radius 3 is 0.548 bits per heavy atom. The van der Waals surface area contributed by atoms with Crippen molar-refractivity contribution in [2.45, 2.75) is 297 Å². The third kappa shape index (κ3) is 20.2. The number of ether oxygens (including phenoxy) is 3. The van der Waals surface area contributed by atoms with Gasteiger partial charge in [0.15, 0.2) is 0 Å². The molecule has 146 heavy (non-hydrogen) atoms. The van der Waals surface area contributed by atoms with Crippen molar-refractivity contribution in [3.05, 3.63) is 289 Å². The zero-order valence-electron chi connectivity index (χ0n) is 90.0. The van der Waals surface area contributed by atoms with Crippen molar-refractivity contribution in [2.24, 2.45) is 22.7 Å². The number of fused-ring (bicyclic) bond motifs is 8. The molecule has 18 rings (SSSR count). The molecule has 11 aromatic rings. The minimum Gasteiger partial charge on any atom is -0.457 e. The van der Waals surface area contributed by atoms with Crippen LogP contribution in [0.25, 0.3) is 32.7 Å². The van der Waals surface area contributed by atoms with Crippen molar-refractivity contribution in [2.75, 3.05) is 0 Å². The minimum absolute atomic E-state index is 0.186. The zero-order chi connectivity index (χ0) is 108. The van der Waals surface area contributed by atoms with Crippen LogP contribution in [0.4, 0.5) is 0 Å². The number of hydrogen-bond acceptors (Lipinski definition) is 19. The SMILES string of the molecule is CC(C)(C)C1CCC(C(C)(C)C)CC1.CC(C)(C)N1C(=O)c2ccc(-c3ccc4c(c3)C(=O)N(C(C)(C)C)C4=O)cc2C1=O.CC(C)(C)N1C(=O)c2ccc(Oc3ccc4c(c3)C(=O)N(C(C)(C)C)C4=O)cc2C1=O.CC(C)(C)n1c(=O)c2cc3c(=O)n(C(C)(C)C)c(=O)c3cc2c1=O.CC(C)(c1ccc(Oc2ccc3c(c2)C(=O)N(C(C)(C)C)C3=O)cc1)c1ccc(Oc2ccc3c(c2)C(=O)N(C(C)(C)C)C3=O)cc1. The van der Waals surface area contributed by atoms with E-state index in [0.717, 1.165) is 23.0 Å². The number of benzene rings is 9. The van der Waals surface area contributed by atoms with E-state index in [1.54, 1.807) is 180 Å². The van der Waals surface area contributed by atoms with Gasteiger partial charge >= 0.3 is 0 Å². The number of imide groups is 6. The van der Waals surface area contributed by atoms with Crippen LogP contribution >= 0.6 is 0 Å². The number of aromatic nitrogens is 2. The molecule has 2 aromatic heterocycles. The smallest absolute Gasteiger partial charge is 0.262 e. The largest absolute Gasteiger partial charge is 0.457 e. The summed E-state index contributed by atoms with van der Waals surface area (Å²) in [6.07, 6.45) is 5.80. The van der Waals surface area contributed by atoms with Crippen LogP contribution < -0.4 is 36.4 Å². The first-order chi connectivity index (χ1) is 67.1. The van der Waals surface area contributed by atoms with E-state index in [2.05, 4.69) is 55.4 Å². The molecule has 9 aromatic carbocycles. The molecule has 0 bridgehead atoms. The van der Waals surface area contributed by atoms with Gasteiger partial charge in [-0.1, -0.05) is 91.8 Å². The molecule has 0 atom stereocenters. The summed E-state index contributed by atoms with van der Waals surface area (Å²) in [5.74, 6) is 0.959. The fourth-order valence-corrected chi connectivity index (χ4v) is 20.1. The first kappa shape index (κ1) is 107. The summed E-state index contributed by atoms with van der Waals surface area (Å²) < 4.78 is 20.4. The predicted molar refractivity (Wildman–Crippen MR) is 564 cm³/mol. The van der Waals surface area contributed by atoms with Crippen molar-refractivity contribution in [1.29, 1.82) is 0 Å². The molecule has 7 aliphatic rings. The van der Waals surface area contributed by atoms with E-state index in [-0.39, 0.29) is 109 Å². The monoisotopic (exact) mass is 1980 g/mol. The molecular weight excluding hydrogens is 1850 g/mol. The van der Waals surface area contributed by atoms with E-state index in [1.165, 1.54) is 88.5 Å². The standard InChI is InChI=1S/C39H38N2O6.C24H24N2O5.C24H24N2O4.C18H20N2O4.C14H28/c1-37(2,3)40-33(42)29-19-17-27(21-31(29)35(40)44)46-25-13-9-23(10-14-25)39(7,8)24-11-15-26(16-12-24)47-28-18-20-30-32(22-28)36(45)41(34(30)43)38(4,5)6;1-23(2,3)25-19(27)15-9-7-13(11-17(15)21(25)29)31-14-8-10-16-18(12-14)22(30)26(20(16)28)24(4,5)6;1-23(2,3)25-19(27)15-9-7-13(11-17(15)21(25)29)14-8-10-16-18(12-14)22(30)26(20(16)28)24(4,5)6;1-17(2,3)19-13(21)9-7-11-12(8-10(9)14(19)22)16(24)20(15(11)23)18(4,5)6;1-13(2,3)11-7-9-12(10-8-11)14(4,5)6/h9-22H,1-8H3;7-12H,1-6H3;7-12H,1-6H3;7-8H,1-6H3;11-12H,7-10H2,1-6H3. The van der Waals surface area contributed by atoms with E-state index in [4.69, 9.17) is 14.2 Å². The average Bonchev–Trinajstić information content (AvgIpc) is 1.56.